The lowest BCUT2D eigenvalue weighted by Gasteiger charge is -2.22. The number of ether oxygens (including phenoxy) is 3. The first kappa shape index (κ1) is 24.9. The molecule has 0 aromatic carbocycles. The van der Waals surface area contributed by atoms with E-state index >= 15 is 0 Å². The fraction of sp³-hybridized carbons (Fsp3) is 0.643. The molecule has 6 N–H and O–H groups in total. The first-order chi connectivity index (χ1) is 14.9. The summed E-state index contributed by atoms with van der Waals surface area (Å²) in [6, 6.07) is 0. The highest BCUT2D eigenvalue weighted by molar-refractivity contribution is 7.63. The minimum Gasteiger partial charge on any atom is -0.387 e. The number of aromatic amines is 1. The fourth-order valence-corrected chi connectivity index (χ4v) is 5.09. The Labute approximate surface area is 180 Å². The zero-order valence-electron chi connectivity index (χ0n) is 16.9. The van der Waals surface area contributed by atoms with E-state index in [2.05, 4.69) is 19.3 Å². The second kappa shape index (κ2) is 9.65. The van der Waals surface area contributed by atoms with Crippen LogP contribution in [0.2, 0.25) is 0 Å². The van der Waals surface area contributed by atoms with Crippen LogP contribution in [0.3, 0.4) is 0 Å². The minimum absolute atomic E-state index is 0.0393. The molecule has 180 valence electrons. The van der Waals surface area contributed by atoms with E-state index in [0.717, 1.165) is 0 Å². The Balaban J connectivity index is 1.85. The number of aromatic nitrogens is 4. The number of phosphoric acid groups is 1. The molecule has 3 rings (SSSR count). The number of H-pyrrole nitrogens is 1. The van der Waals surface area contributed by atoms with Crippen molar-refractivity contribution in [2.75, 3.05) is 39.3 Å². The summed E-state index contributed by atoms with van der Waals surface area (Å²) < 4.78 is 49.6. The van der Waals surface area contributed by atoms with Crippen molar-refractivity contribution < 1.29 is 47.1 Å². The lowest BCUT2D eigenvalue weighted by molar-refractivity contribution is -0.0783. The Kier molecular flexibility index (Phi) is 7.51. The summed E-state index contributed by atoms with van der Waals surface area (Å²) >= 11 is 0. The van der Waals surface area contributed by atoms with Crippen LogP contribution in [-0.2, 0) is 32.2 Å². The van der Waals surface area contributed by atoms with Crippen molar-refractivity contribution >= 4 is 32.5 Å². The monoisotopic (exact) mass is 499 g/mol. The van der Waals surface area contributed by atoms with Crippen molar-refractivity contribution in [1.29, 1.82) is 0 Å². The minimum atomic E-state index is -4.93. The number of hydrogen-bond acceptors (Lipinski definition) is 12. The summed E-state index contributed by atoms with van der Waals surface area (Å²) in [5.41, 5.74) is 5.02. The van der Waals surface area contributed by atoms with Crippen LogP contribution in [0.1, 0.15) is 6.23 Å². The van der Waals surface area contributed by atoms with Gasteiger partial charge in [0.15, 0.2) is 17.4 Å². The predicted molar refractivity (Wildman–Crippen MR) is 107 cm³/mol. The molecule has 0 spiro atoms. The molecule has 32 heavy (non-hydrogen) atoms. The summed E-state index contributed by atoms with van der Waals surface area (Å²) in [4.78, 5) is 41.1. The highest BCUT2D eigenvalue weighted by atomic mass is 31.3. The number of hydrogen-bond donors (Lipinski definition) is 5. The smallest absolute Gasteiger partial charge is 0.387 e. The molecule has 1 aliphatic heterocycles. The van der Waals surface area contributed by atoms with Crippen molar-refractivity contribution in [3.05, 3.63) is 16.7 Å². The van der Waals surface area contributed by atoms with E-state index in [1.165, 1.54) is 18.0 Å². The summed E-state index contributed by atoms with van der Waals surface area (Å²) in [5.74, 6) is -0.175. The maximum atomic E-state index is 12.1. The molecule has 3 heterocycles. The number of aliphatic hydroxyl groups excluding tert-OH is 1. The Bertz CT molecular complexity index is 1100. The van der Waals surface area contributed by atoms with Gasteiger partial charge in [0.25, 0.3) is 5.56 Å². The number of aliphatic hydroxyl groups is 1. The molecule has 1 fully saturated rings. The molecule has 16 nitrogen and oxygen atoms in total. The van der Waals surface area contributed by atoms with Gasteiger partial charge in [-0.1, -0.05) is 0 Å². The number of nitrogens with one attached hydrogen (secondary N) is 1. The van der Waals surface area contributed by atoms with Gasteiger partial charge in [0, 0.05) is 13.8 Å². The van der Waals surface area contributed by atoms with Crippen molar-refractivity contribution in [2.45, 2.75) is 24.5 Å². The van der Waals surface area contributed by atoms with Gasteiger partial charge in [-0.3, -0.25) is 23.4 Å². The van der Waals surface area contributed by atoms with Crippen molar-refractivity contribution in [1.82, 2.24) is 19.5 Å². The quantitative estimate of drug-likeness (QED) is 0.194. The lowest BCUT2D eigenvalue weighted by Crippen LogP contribution is -2.36. The molecule has 0 saturated carbocycles. The van der Waals surface area contributed by atoms with E-state index in [1.807, 2.05) is 0 Å². The normalized spacial score (nSPS) is 27.4. The second-order valence-corrected chi connectivity index (χ2v) is 10.3. The van der Waals surface area contributed by atoms with Crippen LogP contribution >= 0.6 is 15.4 Å². The summed E-state index contributed by atoms with van der Waals surface area (Å²) in [5, 5.41) is 10.7. The van der Waals surface area contributed by atoms with Crippen LogP contribution in [-0.4, -0.2) is 86.3 Å². The van der Waals surface area contributed by atoms with Crippen LogP contribution in [0.4, 0.5) is 5.95 Å². The van der Waals surface area contributed by atoms with Gasteiger partial charge in [0.2, 0.25) is 5.95 Å². The number of nitrogens with two attached hydrogens (primary N) is 1. The fourth-order valence-electron chi connectivity index (χ4n) is 3.04. The van der Waals surface area contributed by atoms with Crippen molar-refractivity contribution in [3.63, 3.8) is 0 Å². The average molecular weight is 499 g/mol. The number of nitrogen functional groups attached to an aromatic ring is 1. The topological polar surface area (TPSA) is 231 Å². The molecule has 0 amide bonds. The molecule has 18 heteroatoms. The maximum Gasteiger partial charge on any atom is 0.479 e. The van der Waals surface area contributed by atoms with Gasteiger partial charge in [0.05, 0.1) is 26.1 Å². The van der Waals surface area contributed by atoms with Crippen LogP contribution in [0, 0.1) is 0 Å². The van der Waals surface area contributed by atoms with E-state index < -0.39 is 52.1 Å². The molecule has 0 aliphatic carbocycles. The zero-order chi connectivity index (χ0) is 23.7. The van der Waals surface area contributed by atoms with Crippen LogP contribution < -0.4 is 11.3 Å². The summed E-state index contributed by atoms with van der Waals surface area (Å²) in [6.45, 7) is 0.257. The van der Waals surface area contributed by atoms with E-state index in [-0.39, 0.29) is 30.3 Å². The number of rotatable bonds is 10. The largest absolute Gasteiger partial charge is 0.479 e. The predicted octanol–water partition coefficient (Wildman–Crippen LogP) is -1.06. The SMILES string of the molecule is COCCO[C@H]1C(O)[C@@H](COP(=O)(O)OP(C)(=O)O)O[C@H]1n1cnc2c(=O)[nH]c(N)nc21. The first-order valence-electron chi connectivity index (χ1n) is 9.07. The molecular weight excluding hydrogens is 476 g/mol. The molecule has 1 aliphatic rings. The number of anilines is 1. The van der Waals surface area contributed by atoms with Crippen LogP contribution in [0.5, 0.6) is 0 Å². The van der Waals surface area contributed by atoms with Gasteiger partial charge in [-0.05, 0) is 0 Å². The number of imidazole rings is 1. The molecule has 0 radical (unpaired) electrons. The van der Waals surface area contributed by atoms with Crippen molar-refractivity contribution in [2.24, 2.45) is 0 Å². The first-order valence-corrected chi connectivity index (χ1v) is 12.6. The Hall–Kier alpha value is -1.71. The Morgan fingerprint density at radius 3 is 2.72 bits per heavy atom. The van der Waals surface area contributed by atoms with Gasteiger partial charge >= 0.3 is 15.4 Å². The van der Waals surface area contributed by atoms with Gasteiger partial charge in [-0.15, -0.1) is 0 Å². The number of phosphoric ester groups is 1. The molecule has 0 bridgehead atoms. The van der Waals surface area contributed by atoms with Gasteiger partial charge < -0.3 is 34.8 Å². The van der Waals surface area contributed by atoms with Gasteiger partial charge in [-0.25, -0.2) is 13.9 Å². The third-order valence-electron chi connectivity index (χ3n) is 4.29. The number of nitrogens with zero attached hydrogens (tertiary/aromatic N) is 3. The maximum absolute atomic E-state index is 12.1. The molecular formula is C14H23N5O11P2. The number of fused-ring (bicyclic) bond motifs is 1. The molecule has 3 unspecified atom stereocenters. The standard InChI is InChI=1S/C14H23N5O11P2/c1-26-3-4-27-10-9(20)7(5-28-32(24,25)30-31(2,22)23)29-13(10)19-6-16-8-11(19)17-14(15)18-12(8)21/h6-7,9-10,13,20H,3-5H2,1-2H3,(H,22,23)(H,24,25)(H3,15,17,18,21)/t7-,9?,10+,13-/m1/s1. The van der Waals surface area contributed by atoms with E-state index in [4.69, 9.17) is 29.4 Å². The van der Waals surface area contributed by atoms with E-state index in [1.54, 1.807) is 0 Å². The second-order valence-electron chi connectivity index (χ2n) is 6.81. The lowest BCUT2D eigenvalue weighted by atomic mass is 10.1. The molecule has 2 aromatic heterocycles. The van der Waals surface area contributed by atoms with E-state index in [9.17, 15) is 23.9 Å². The summed E-state index contributed by atoms with van der Waals surface area (Å²) in [7, 11) is -7.81. The third kappa shape index (κ3) is 5.80. The third-order valence-corrected chi connectivity index (χ3v) is 6.80. The van der Waals surface area contributed by atoms with Crippen LogP contribution in [0.25, 0.3) is 11.2 Å². The van der Waals surface area contributed by atoms with E-state index in [0.29, 0.717) is 6.66 Å². The highest BCUT2D eigenvalue weighted by Crippen LogP contribution is 2.58. The number of methoxy groups -OCH3 is 1. The van der Waals surface area contributed by atoms with Gasteiger partial charge in [-0.2, -0.15) is 4.98 Å². The zero-order valence-corrected chi connectivity index (χ0v) is 18.7. The highest BCUT2D eigenvalue weighted by Gasteiger charge is 2.47. The van der Waals surface area contributed by atoms with Crippen molar-refractivity contribution in [3.8, 4) is 0 Å². The molecule has 2 aromatic rings. The molecule has 1 saturated heterocycles. The van der Waals surface area contributed by atoms with Gasteiger partial charge in [0.1, 0.15) is 18.3 Å². The molecule has 6 atom stereocenters. The van der Waals surface area contributed by atoms with Crippen LogP contribution in [0.15, 0.2) is 11.1 Å². The Morgan fingerprint density at radius 1 is 1.34 bits per heavy atom. The average Bonchev–Trinajstić information content (AvgIpc) is 3.20. The Morgan fingerprint density at radius 2 is 2.06 bits per heavy atom. The summed E-state index contributed by atoms with van der Waals surface area (Å²) in [6.07, 6.45) is -3.55.